The standard InChI is InChI=1S/C15H28N4O/c1-15(2,19-9-7-6-8-10-19)14(16-3)13-12(20-5)11-17-18(13)4/h11,14,16H,6-10H2,1-5H3. The van der Waals surface area contributed by atoms with Gasteiger partial charge in [-0.1, -0.05) is 6.42 Å². The number of hydrogen-bond acceptors (Lipinski definition) is 4. The minimum atomic E-state index is 0.0241. The Labute approximate surface area is 122 Å². The summed E-state index contributed by atoms with van der Waals surface area (Å²) in [7, 11) is 5.71. The Hall–Kier alpha value is -1.07. The van der Waals surface area contributed by atoms with E-state index in [0.29, 0.717) is 0 Å². The zero-order chi connectivity index (χ0) is 14.8. The fourth-order valence-electron chi connectivity index (χ4n) is 3.39. The molecule has 0 saturated carbocycles. The second-order valence-corrected chi connectivity index (χ2v) is 6.14. The predicted octanol–water partition coefficient (Wildman–Crippen LogP) is 1.95. The van der Waals surface area contributed by atoms with Crippen LogP contribution >= 0.6 is 0 Å². The van der Waals surface area contributed by atoms with Gasteiger partial charge in [0.05, 0.1) is 25.0 Å². The van der Waals surface area contributed by atoms with Crippen molar-refractivity contribution in [3.05, 3.63) is 11.9 Å². The first-order valence-electron chi connectivity index (χ1n) is 7.50. The molecule has 1 atom stereocenters. The molecule has 114 valence electrons. The Morgan fingerprint density at radius 3 is 2.50 bits per heavy atom. The van der Waals surface area contributed by atoms with Gasteiger partial charge in [-0.25, -0.2) is 0 Å². The van der Waals surface area contributed by atoms with Crippen LogP contribution in [0.4, 0.5) is 0 Å². The maximum atomic E-state index is 5.49. The molecule has 2 heterocycles. The first-order chi connectivity index (χ1) is 9.52. The number of nitrogens with zero attached hydrogens (tertiary/aromatic N) is 3. The lowest BCUT2D eigenvalue weighted by Gasteiger charge is -2.46. The lowest BCUT2D eigenvalue weighted by atomic mass is 9.87. The Kier molecular flexibility index (Phi) is 4.70. The molecule has 1 N–H and O–H groups in total. The van der Waals surface area contributed by atoms with Gasteiger partial charge >= 0.3 is 0 Å². The van der Waals surface area contributed by atoms with Crippen molar-refractivity contribution in [2.75, 3.05) is 27.2 Å². The maximum Gasteiger partial charge on any atom is 0.161 e. The van der Waals surface area contributed by atoms with Crippen LogP contribution in [0.2, 0.25) is 0 Å². The molecule has 1 aromatic rings. The highest BCUT2D eigenvalue weighted by atomic mass is 16.5. The van der Waals surface area contributed by atoms with Crippen LogP contribution in [0.15, 0.2) is 6.20 Å². The SMILES string of the molecule is CNC(c1c(OC)cnn1C)C(C)(C)N1CCCCC1. The zero-order valence-corrected chi connectivity index (χ0v) is 13.4. The summed E-state index contributed by atoms with van der Waals surface area (Å²) in [5.74, 6) is 0.858. The topological polar surface area (TPSA) is 42.3 Å². The molecule has 0 spiro atoms. The molecule has 20 heavy (non-hydrogen) atoms. The van der Waals surface area contributed by atoms with Gasteiger partial charge in [0.2, 0.25) is 0 Å². The molecule has 0 bridgehead atoms. The molecule has 1 saturated heterocycles. The van der Waals surface area contributed by atoms with E-state index in [1.54, 1.807) is 13.3 Å². The number of nitrogens with one attached hydrogen (secondary N) is 1. The van der Waals surface area contributed by atoms with E-state index in [4.69, 9.17) is 4.74 Å². The lowest BCUT2D eigenvalue weighted by molar-refractivity contribution is 0.0599. The molecule has 1 aromatic heterocycles. The van der Waals surface area contributed by atoms with Gasteiger partial charge in [-0.15, -0.1) is 0 Å². The van der Waals surface area contributed by atoms with E-state index in [1.807, 2.05) is 18.8 Å². The van der Waals surface area contributed by atoms with Crippen molar-refractivity contribution >= 4 is 0 Å². The molecular formula is C15H28N4O. The van der Waals surface area contributed by atoms with Crippen LogP contribution in [0.3, 0.4) is 0 Å². The average Bonchev–Trinajstić information content (AvgIpc) is 2.82. The number of piperidine rings is 1. The molecule has 2 rings (SSSR count). The van der Waals surface area contributed by atoms with Gasteiger partial charge in [0.15, 0.2) is 5.75 Å². The number of likely N-dealkylation sites (N-methyl/N-ethyl adjacent to an activating group) is 1. The van der Waals surface area contributed by atoms with Gasteiger partial charge in [-0.2, -0.15) is 5.10 Å². The van der Waals surface area contributed by atoms with E-state index in [1.165, 1.54) is 32.4 Å². The van der Waals surface area contributed by atoms with Crippen molar-refractivity contribution in [3.8, 4) is 5.75 Å². The Bertz CT molecular complexity index is 435. The molecule has 0 aliphatic carbocycles. The number of aromatic nitrogens is 2. The minimum absolute atomic E-state index is 0.0241. The second-order valence-electron chi connectivity index (χ2n) is 6.14. The first-order valence-corrected chi connectivity index (χ1v) is 7.50. The van der Waals surface area contributed by atoms with Crippen LogP contribution in [0.5, 0.6) is 5.75 Å². The third kappa shape index (κ3) is 2.69. The van der Waals surface area contributed by atoms with Gasteiger partial charge in [-0.3, -0.25) is 9.58 Å². The molecule has 1 aliphatic rings. The first kappa shape index (κ1) is 15.3. The molecule has 0 aromatic carbocycles. The summed E-state index contributed by atoms with van der Waals surface area (Å²) in [6, 6.07) is 0.183. The number of rotatable bonds is 5. The third-order valence-corrected chi connectivity index (χ3v) is 4.61. The van der Waals surface area contributed by atoms with Crippen LogP contribution in [0.1, 0.15) is 44.8 Å². The van der Waals surface area contributed by atoms with E-state index in [9.17, 15) is 0 Å². The van der Waals surface area contributed by atoms with E-state index in [0.717, 1.165) is 11.4 Å². The van der Waals surface area contributed by atoms with E-state index < -0.39 is 0 Å². The Morgan fingerprint density at radius 1 is 1.30 bits per heavy atom. The molecule has 1 unspecified atom stereocenters. The fourth-order valence-corrected chi connectivity index (χ4v) is 3.39. The molecule has 5 heteroatoms. The smallest absolute Gasteiger partial charge is 0.161 e. The molecule has 0 amide bonds. The van der Waals surface area contributed by atoms with Crippen LogP contribution in [-0.2, 0) is 7.05 Å². The van der Waals surface area contributed by atoms with E-state index in [-0.39, 0.29) is 11.6 Å². The van der Waals surface area contributed by atoms with Crippen LogP contribution in [0, 0.1) is 0 Å². The summed E-state index contributed by atoms with van der Waals surface area (Å²) >= 11 is 0. The van der Waals surface area contributed by atoms with Crippen molar-refractivity contribution in [1.82, 2.24) is 20.0 Å². The van der Waals surface area contributed by atoms with Crippen LogP contribution in [0.25, 0.3) is 0 Å². The van der Waals surface area contributed by atoms with E-state index in [2.05, 4.69) is 29.2 Å². The quantitative estimate of drug-likeness (QED) is 0.895. The molecule has 1 fully saturated rings. The number of aryl methyl sites for hydroxylation is 1. The van der Waals surface area contributed by atoms with Gasteiger partial charge in [0.25, 0.3) is 0 Å². The number of hydrogen-bond donors (Lipinski definition) is 1. The normalized spacial score (nSPS) is 19.1. The lowest BCUT2D eigenvalue weighted by Crippen LogP contribution is -2.54. The minimum Gasteiger partial charge on any atom is -0.493 e. The highest BCUT2D eigenvalue weighted by molar-refractivity contribution is 5.30. The average molecular weight is 280 g/mol. The van der Waals surface area contributed by atoms with Crippen LogP contribution < -0.4 is 10.1 Å². The summed E-state index contributed by atoms with van der Waals surface area (Å²) < 4.78 is 7.41. The zero-order valence-electron chi connectivity index (χ0n) is 13.4. The second kappa shape index (κ2) is 6.14. The van der Waals surface area contributed by atoms with Crippen molar-refractivity contribution in [2.45, 2.75) is 44.7 Å². The van der Waals surface area contributed by atoms with Gasteiger partial charge in [-0.05, 0) is 46.8 Å². The molecule has 5 nitrogen and oxygen atoms in total. The summed E-state index contributed by atoms with van der Waals surface area (Å²) in [5, 5.41) is 7.82. The maximum absolute atomic E-state index is 5.49. The summed E-state index contributed by atoms with van der Waals surface area (Å²) in [6.07, 6.45) is 5.74. The summed E-state index contributed by atoms with van der Waals surface area (Å²) in [5.41, 5.74) is 1.14. The van der Waals surface area contributed by atoms with Gasteiger partial charge in [0, 0.05) is 12.6 Å². The molecular weight excluding hydrogens is 252 g/mol. The van der Waals surface area contributed by atoms with E-state index >= 15 is 0 Å². The van der Waals surface area contributed by atoms with Crippen molar-refractivity contribution in [1.29, 1.82) is 0 Å². The number of likely N-dealkylation sites (tertiary alicyclic amines) is 1. The number of ether oxygens (including phenoxy) is 1. The fraction of sp³-hybridized carbons (Fsp3) is 0.800. The highest BCUT2D eigenvalue weighted by Gasteiger charge is 2.39. The van der Waals surface area contributed by atoms with Crippen LogP contribution in [-0.4, -0.2) is 47.5 Å². The Morgan fingerprint density at radius 2 is 1.95 bits per heavy atom. The predicted molar refractivity (Wildman–Crippen MR) is 81.1 cm³/mol. The summed E-state index contributed by atoms with van der Waals surface area (Å²) in [4.78, 5) is 2.59. The monoisotopic (exact) mass is 280 g/mol. The van der Waals surface area contributed by atoms with Gasteiger partial charge < -0.3 is 10.1 Å². The van der Waals surface area contributed by atoms with Gasteiger partial charge in [0.1, 0.15) is 0 Å². The highest BCUT2D eigenvalue weighted by Crippen LogP contribution is 2.36. The molecule has 0 radical (unpaired) electrons. The number of methoxy groups -OCH3 is 1. The Balaban J connectivity index is 2.32. The third-order valence-electron chi connectivity index (χ3n) is 4.61. The van der Waals surface area contributed by atoms with Crippen molar-refractivity contribution < 1.29 is 4.74 Å². The largest absolute Gasteiger partial charge is 0.493 e. The van der Waals surface area contributed by atoms with Crippen molar-refractivity contribution in [2.24, 2.45) is 7.05 Å². The van der Waals surface area contributed by atoms with Crippen molar-refractivity contribution in [3.63, 3.8) is 0 Å². The molecule has 1 aliphatic heterocycles. The summed E-state index contributed by atoms with van der Waals surface area (Å²) in [6.45, 7) is 6.97.